The summed E-state index contributed by atoms with van der Waals surface area (Å²) in [4.78, 5) is 16.8. The fourth-order valence-electron chi connectivity index (χ4n) is 9.94. The van der Waals surface area contributed by atoms with Gasteiger partial charge in [-0.05, 0) is 114 Å². The molecule has 2 heterocycles. The van der Waals surface area contributed by atoms with Crippen molar-refractivity contribution in [3.8, 4) is 0 Å². The van der Waals surface area contributed by atoms with Crippen LogP contribution in [0.2, 0.25) is 0 Å². The SMILES string of the molecule is CC[C@H]1CCC[C@H](O[C@H]2CC[C@H](N(C)C)C(C)O2)[C@@H](C)C(=O)C2=CC3C([C@H](O)C(Nc4ccc(F)c(F)c4)[C@H]4CCC[C@@H]34)[C@@H]2CC(O)O1. The Morgan fingerprint density at radius 2 is 1.73 bits per heavy atom. The number of carbonyl (C=O) groups excluding carboxylic acids is 1. The average molecular weight is 675 g/mol. The van der Waals surface area contributed by atoms with Gasteiger partial charge in [-0.2, -0.15) is 0 Å². The molecule has 2 aliphatic heterocycles. The Hall–Kier alpha value is -1.95. The van der Waals surface area contributed by atoms with Crippen LogP contribution in [0.4, 0.5) is 14.5 Å². The highest BCUT2D eigenvalue weighted by Crippen LogP contribution is 2.57. The van der Waals surface area contributed by atoms with Crippen molar-refractivity contribution in [3.63, 3.8) is 0 Å². The molecule has 2 saturated carbocycles. The number of benzene rings is 1. The van der Waals surface area contributed by atoms with E-state index in [4.69, 9.17) is 14.2 Å². The first kappa shape index (κ1) is 35.9. The van der Waals surface area contributed by atoms with E-state index < -0.39 is 41.9 Å². The van der Waals surface area contributed by atoms with Crippen molar-refractivity contribution in [2.75, 3.05) is 19.4 Å². The third kappa shape index (κ3) is 7.26. The fourth-order valence-corrected chi connectivity index (χ4v) is 9.94. The van der Waals surface area contributed by atoms with Crippen LogP contribution in [0.15, 0.2) is 29.8 Å². The van der Waals surface area contributed by atoms with Gasteiger partial charge in [-0.1, -0.05) is 26.3 Å². The number of aliphatic hydroxyl groups is 2. The second kappa shape index (κ2) is 15.1. The maximum absolute atomic E-state index is 14.6. The van der Waals surface area contributed by atoms with Gasteiger partial charge in [0.05, 0.1) is 30.5 Å². The van der Waals surface area contributed by atoms with Crippen molar-refractivity contribution in [3.05, 3.63) is 41.5 Å². The number of Topliss-reactive ketones (excluding diaryl/α,β-unsaturated/α-hetero) is 1. The molecule has 14 atom stereocenters. The minimum Gasteiger partial charge on any atom is -0.391 e. The number of ketones is 1. The van der Waals surface area contributed by atoms with Gasteiger partial charge in [-0.25, -0.2) is 8.78 Å². The number of hydrogen-bond donors (Lipinski definition) is 3. The lowest BCUT2D eigenvalue weighted by Crippen LogP contribution is -2.55. The molecule has 0 spiro atoms. The number of nitrogens with zero attached hydrogens (tertiary/aromatic N) is 1. The van der Waals surface area contributed by atoms with Crippen LogP contribution in [-0.4, -0.2) is 84.1 Å². The number of anilines is 1. The monoisotopic (exact) mass is 674 g/mol. The number of likely N-dealkylation sites (N-methyl/N-ethyl adjacent to an activating group) is 1. The molecule has 2 saturated heterocycles. The second-order valence-electron chi connectivity index (χ2n) is 15.4. The smallest absolute Gasteiger partial charge is 0.164 e. The molecule has 1 aromatic rings. The van der Waals surface area contributed by atoms with Crippen molar-refractivity contribution >= 4 is 11.5 Å². The zero-order valence-electron chi connectivity index (χ0n) is 29.2. The lowest BCUT2D eigenvalue weighted by molar-refractivity contribution is -0.231. The number of hydrogen-bond acceptors (Lipinski definition) is 8. The maximum Gasteiger partial charge on any atom is 0.164 e. The van der Waals surface area contributed by atoms with Crippen LogP contribution in [-0.2, 0) is 19.0 Å². The van der Waals surface area contributed by atoms with Crippen molar-refractivity contribution in [2.24, 2.45) is 35.5 Å². The predicted molar refractivity (Wildman–Crippen MR) is 179 cm³/mol. The van der Waals surface area contributed by atoms with Gasteiger partial charge in [0.25, 0.3) is 0 Å². The van der Waals surface area contributed by atoms with E-state index in [1.54, 1.807) is 0 Å². The first-order chi connectivity index (χ1) is 23.0. The Morgan fingerprint density at radius 1 is 0.979 bits per heavy atom. The highest BCUT2D eigenvalue weighted by Gasteiger charge is 2.57. The zero-order chi connectivity index (χ0) is 34.3. The molecular weight excluding hydrogens is 618 g/mol. The number of rotatable bonds is 6. The third-order valence-corrected chi connectivity index (χ3v) is 12.4. The number of halogens is 2. The van der Waals surface area contributed by atoms with Crippen LogP contribution in [0.5, 0.6) is 0 Å². The highest BCUT2D eigenvalue weighted by atomic mass is 19.2. The molecule has 268 valence electrons. The lowest BCUT2D eigenvalue weighted by atomic mass is 9.62. The molecular formula is C38H56F2N2O6. The topological polar surface area (TPSA) is 100 Å². The van der Waals surface area contributed by atoms with Gasteiger partial charge in [-0.15, -0.1) is 0 Å². The van der Waals surface area contributed by atoms with Gasteiger partial charge in [0.1, 0.15) is 0 Å². The molecule has 6 rings (SSSR count). The van der Waals surface area contributed by atoms with Crippen LogP contribution >= 0.6 is 0 Å². The van der Waals surface area contributed by atoms with Crippen LogP contribution in [0, 0.1) is 47.1 Å². The zero-order valence-corrected chi connectivity index (χ0v) is 29.2. The standard InChI is InChI=1S/C38H56F2N2O6/c1-6-23-9-7-12-32(48-34-16-15-31(42(4)5)21(3)46-34)20(2)37(44)28-18-26-24-10-8-11-25(24)36(41-22-13-14-29(39)30(40)17-22)38(45)35(26)27(28)19-33(43)47-23/h13-14,17-18,20-21,23-27,31-36,38,41,43,45H,6-12,15-16,19H2,1-5H3/t20-,21?,23+,24-,25+,26?,27-,31+,32+,33?,34+,35?,36?,38+/m1/s1. The molecule has 0 radical (unpaired) electrons. The van der Waals surface area contributed by atoms with Crippen molar-refractivity contribution < 1.29 is 38.0 Å². The largest absolute Gasteiger partial charge is 0.391 e. The van der Waals surface area contributed by atoms with Gasteiger partial charge in [-0.3, -0.25) is 4.79 Å². The Balaban J connectivity index is 1.28. The van der Waals surface area contributed by atoms with Gasteiger partial charge < -0.3 is 34.6 Å². The molecule has 48 heavy (non-hydrogen) atoms. The normalized spacial score (nSPS) is 42.3. The molecule has 10 heteroatoms. The lowest BCUT2D eigenvalue weighted by Gasteiger charge is -2.48. The van der Waals surface area contributed by atoms with E-state index in [2.05, 4.69) is 44.2 Å². The number of aliphatic hydroxyl groups excluding tert-OH is 2. The fraction of sp³-hybridized carbons (Fsp3) is 0.763. The molecule has 0 amide bonds. The molecule has 0 aromatic heterocycles. The Kier molecular flexibility index (Phi) is 11.3. The second-order valence-corrected chi connectivity index (χ2v) is 15.4. The van der Waals surface area contributed by atoms with Gasteiger partial charge in [0, 0.05) is 36.1 Å². The molecule has 1 aromatic carbocycles. The van der Waals surface area contributed by atoms with Gasteiger partial charge in [0.2, 0.25) is 0 Å². The summed E-state index contributed by atoms with van der Waals surface area (Å²) >= 11 is 0. The van der Waals surface area contributed by atoms with E-state index >= 15 is 0 Å². The number of nitrogens with one attached hydrogen (secondary N) is 1. The van der Waals surface area contributed by atoms with Gasteiger partial charge in [0.15, 0.2) is 30.0 Å². The minimum atomic E-state index is -1.08. The summed E-state index contributed by atoms with van der Waals surface area (Å²) in [5, 5.41) is 26.8. The van der Waals surface area contributed by atoms with Crippen molar-refractivity contribution in [1.82, 2.24) is 4.90 Å². The molecule has 8 nitrogen and oxygen atoms in total. The number of fused-ring (bicyclic) bond motifs is 5. The number of ether oxygens (including phenoxy) is 3. The Bertz CT molecular complexity index is 1310. The number of carbonyl (C=O) groups is 1. The summed E-state index contributed by atoms with van der Waals surface area (Å²) in [5.41, 5.74) is 1.08. The molecule has 5 unspecified atom stereocenters. The number of allylic oxidation sites excluding steroid dienone is 2. The summed E-state index contributed by atoms with van der Waals surface area (Å²) in [6.07, 6.45) is 7.03. The minimum absolute atomic E-state index is 0.00102. The Labute approximate surface area is 284 Å². The van der Waals surface area contributed by atoms with Gasteiger partial charge >= 0.3 is 0 Å². The molecule has 4 fully saturated rings. The highest BCUT2D eigenvalue weighted by molar-refractivity contribution is 5.98. The average Bonchev–Trinajstić information content (AvgIpc) is 3.68. The molecule has 5 aliphatic rings. The summed E-state index contributed by atoms with van der Waals surface area (Å²) in [5.74, 6) is -2.75. The first-order valence-electron chi connectivity index (χ1n) is 18.4. The van der Waals surface area contributed by atoms with Crippen LogP contribution < -0.4 is 5.32 Å². The van der Waals surface area contributed by atoms with E-state index in [0.29, 0.717) is 23.7 Å². The third-order valence-electron chi connectivity index (χ3n) is 12.4. The summed E-state index contributed by atoms with van der Waals surface area (Å²) in [7, 11) is 4.13. The summed E-state index contributed by atoms with van der Waals surface area (Å²) in [6.45, 7) is 6.09. The predicted octanol–water partition coefficient (Wildman–Crippen LogP) is 6.06. The van der Waals surface area contributed by atoms with Crippen molar-refractivity contribution in [1.29, 1.82) is 0 Å². The van der Waals surface area contributed by atoms with Crippen molar-refractivity contribution in [2.45, 2.75) is 134 Å². The van der Waals surface area contributed by atoms with E-state index in [1.807, 2.05) is 6.92 Å². The van der Waals surface area contributed by atoms with E-state index in [1.165, 1.54) is 6.07 Å². The van der Waals surface area contributed by atoms with Crippen LogP contribution in [0.25, 0.3) is 0 Å². The van der Waals surface area contributed by atoms with E-state index in [0.717, 1.165) is 63.5 Å². The molecule has 3 aliphatic carbocycles. The summed E-state index contributed by atoms with van der Waals surface area (Å²) < 4.78 is 47.2. The molecule has 3 N–H and O–H groups in total. The summed E-state index contributed by atoms with van der Waals surface area (Å²) in [6, 6.07) is 3.64. The molecule has 0 bridgehead atoms. The van der Waals surface area contributed by atoms with E-state index in [9.17, 15) is 23.8 Å². The quantitative estimate of drug-likeness (QED) is 0.335. The Morgan fingerprint density at radius 3 is 2.44 bits per heavy atom. The maximum atomic E-state index is 14.6. The first-order valence-corrected chi connectivity index (χ1v) is 18.4. The van der Waals surface area contributed by atoms with E-state index in [-0.39, 0.29) is 60.5 Å². The van der Waals surface area contributed by atoms with Crippen LogP contribution in [0.3, 0.4) is 0 Å². The van der Waals surface area contributed by atoms with Crippen LogP contribution in [0.1, 0.15) is 85.0 Å².